The Morgan fingerprint density at radius 3 is 2.50 bits per heavy atom. The van der Waals surface area contributed by atoms with Crippen molar-refractivity contribution in [3.05, 3.63) is 53.1 Å². The van der Waals surface area contributed by atoms with Gasteiger partial charge in [-0.3, -0.25) is 0 Å². The van der Waals surface area contributed by atoms with Crippen molar-refractivity contribution < 1.29 is 1.43 Å². The van der Waals surface area contributed by atoms with Gasteiger partial charge in [-0.05, 0) is 11.6 Å². The molecule has 0 aromatic heterocycles. The van der Waals surface area contributed by atoms with Gasteiger partial charge in [-0.15, -0.1) is 6.32 Å². The van der Waals surface area contributed by atoms with E-state index in [1.54, 1.807) is 5.56 Å². The molecule has 0 amide bonds. The molecule has 22 heavy (non-hydrogen) atoms. The minimum atomic E-state index is -0.490. The van der Waals surface area contributed by atoms with E-state index in [2.05, 4.69) is 36.4 Å². The summed E-state index contributed by atoms with van der Waals surface area (Å²) in [4.78, 5) is 5.01. The lowest BCUT2D eigenvalue weighted by Crippen LogP contribution is -2.56. The average Bonchev–Trinajstić information content (AvgIpc) is 2.55. The van der Waals surface area contributed by atoms with Crippen molar-refractivity contribution in [1.29, 1.82) is 0 Å². The topological polar surface area (TPSA) is 14.1 Å². The zero-order valence-electron chi connectivity index (χ0n) is 14.2. The third kappa shape index (κ3) is 1.59. The number of benzene rings is 1. The zero-order chi connectivity index (χ0) is 14.6. The van der Waals surface area contributed by atoms with Crippen LogP contribution in [0.1, 0.15) is 51.1 Å². The Labute approximate surface area is 134 Å². The Bertz CT molecular complexity index is 696. The first-order valence-corrected chi connectivity index (χ1v) is 9.11. The van der Waals surface area contributed by atoms with Crippen LogP contribution in [0.15, 0.2) is 42.0 Å². The average molecular weight is 289 g/mol. The summed E-state index contributed by atoms with van der Waals surface area (Å²) in [6.45, 7) is 0. The van der Waals surface area contributed by atoms with E-state index in [0.29, 0.717) is 0 Å². The number of rotatable bonds is 0. The zero-order valence-corrected chi connectivity index (χ0v) is 13.2. The van der Waals surface area contributed by atoms with E-state index in [0.717, 1.165) is 11.6 Å². The molecule has 2 heteroatoms. The molecular weight excluding hydrogens is 265 g/mol. The summed E-state index contributed by atoms with van der Waals surface area (Å²) in [7, 11) is 0. The summed E-state index contributed by atoms with van der Waals surface area (Å²) in [5.41, 5.74) is 5.97. The van der Waals surface area contributed by atoms with Gasteiger partial charge in [0.25, 0.3) is 0 Å². The lowest BCUT2D eigenvalue weighted by molar-refractivity contribution is 0.429. The van der Waals surface area contributed by atoms with Crippen LogP contribution >= 0.6 is 0 Å². The summed E-state index contributed by atoms with van der Waals surface area (Å²) in [6.07, 6.45) is 15.9. The maximum Gasteiger partial charge on any atom is 1.00 e. The summed E-state index contributed by atoms with van der Waals surface area (Å²) in [6, 6.07) is 9.08. The molecule has 2 fully saturated rings. The molecule has 1 aromatic rings. The predicted octanol–water partition coefficient (Wildman–Crippen LogP) is 4.68. The molecule has 111 valence electrons. The molecule has 0 atom stereocenters. The highest BCUT2D eigenvalue weighted by atomic mass is 14.7. The van der Waals surface area contributed by atoms with Crippen molar-refractivity contribution in [2.45, 2.75) is 56.5 Å². The fraction of sp³-hybridized carbons (Fsp3) is 0.450. The van der Waals surface area contributed by atoms with Crippen LogP contribution in [0.2, 0.25) is 11.6 Å². The second kappa shape index (κ2) is 4.71. The largest absolute Gasteiger partial charge is 1.00 e. The maximum absolute atomic E-state index is 5.01. The monoisotopic (exact) mass is 289 g/mol. The highest BCUT2D eigenvalue weighted by Gasteiger charge is 2.53. The maximum atomic E-state index is 5.01. The molecule has 2 bridgehead atoms. The summed E-state index contributed by atoms with van der Waals surface area (Å²) in [5, 5.41) is 0. The van der Waals surface area contributed by atoms with Crippen molar-refractivity contribution in [1.82, 2.24) is 4.99 Å². The molecule has 2 saturated heterocycles. The van der Waals surface area contributed by atoms with Crippen molar-refractivity contribution in [2.24, 2.45) is 0 Å². The van der Waals surface area contributed by atoms with Crippen molar-refractivity contribution in [3.8, 4) is 0 Å². The molecular formula is C20H24BN+. The minimum absolute atomic E-state index is 0. The molecule has 1 aromatic carbocycles. The quantitative estimate of drug-likeness (QED) is 0.616. The molecule has 1 nitrogen and oxygen atoms in total. The van der Waals surface area contributed by atoms with Crippen LogP contribution in [0.5, 0.6) is 0 Å². The summed E-state index contributed by atoms with van der Waals surface area (Å²) in [5.74, 6) is 1.82. The first kappa shape index (κ1) is 12.9. The molecule has 1 radical (unpaired) electrons. The highest BCUT2D eigenvalue weighted by molar-refractivity contribution is 6.90. The Morgan fingerprint density at radius 1 is 1.00 bits per heavy atom. The van der Waals surface area contributed by atoms with E-state index >= 15 is 0 Å². The van der Waals surface area contributed by atoms with Gasteiger partial charge in [0.2, 0.25) is 6.21 Å². The SMILES string of the molecule is C1=CC2=C([N+]=C1)[B-]1(Cc3ccccc32)C2CCCC1CCC2.[H+]. The van der Waals surface area contributed by atoms with Gasteiger partial charge in [-0.25, -0.2) is 0 Å². The van der Waals surface area contributed by atoms with Crippen LogP contribution in [0.3, 0.4) is 0 Å². The van der Waals surface area contributed by atoms with Crippen molar-refractivity contribution in [2.75, 3.05) is 0 Å². The van der Waals surface area contributed by atoms with Crippen LogP contribution in [-0.4, -0.2) is 12.4 Å². The third-order valence-electron chi connectivity index (χ3n) is 7.19. The minimum Gasteiger partial charge on any atom is -0.155 e. The fourth-order valence-corrected chi connectivity index (χ4v) is 6.42. The van der Waals surface area contributed by atoms with Gasteiger partial charge in [0.1, 0.15) is 6.15 Å². The number of aliphatic imine (C=N–C) groups is 1. The van der Waals surface area contributed by atoms with Gasteiger partial charge >= 0.3 is 1.43 Å². The van der Waals surface area contributed by atoms with Crippen LogP contribution < -0.4 is 4.99 Å². The van der Waals surface area contributed by atoms with Crippen molar-refractivity contribution in [3.63, 3.8) is 0 Å². The molecule has 1 spiro atoms. The lowest BCUT2D eigenvalue weighted by Gasteiger charge is -2.58. The van der Waals surface area contributed by atoms with Crippen LogP contribution in [0, 0.1) is 0 Å². The second-order valence-electron chi connectivity index (χ2n) is 7.88. The second-order valence-corrected chi connectivity index (χ2v) is 7.88. The van der Waals surface area contributed by atoms with Crippen molar-refractivity contribution >= 4 is 17.9 Å². The molecule has 0 aliphatic carbocycles. The number of fused-ring (bicyclic) bond motifs is 2. The highest BCUT2D eigenvalue weighted by Crippen LogP contribution is 2.59. The van der Waals surface area contributed by atoms with Crippen LogP contribution in [0.25, 0.3) is 5.57 Å². The molecule has 5 rings (SSSR count). The molecule has 4 heterocycles. The van der Waals surface area contributed by atoms with E-state index in [9.17, 15) is 0 Å². The number of hydrogen-bond donors (Lipinski definition) is 0. The van der Waals surface area contributed by atoms with Crippen LogP contribution in [0.4, 0.5) is 0 Å². The lowest BCUT2D eigenvalue weighted by atomic mass is 9.05. The van der Waals surface area contributed by atoms with E-state index in [1.165, 1.54) is 61.6 Å². The Morgan fingerprint density at radius 2 is 1.73 bits per heavy atom. The summed E-state index contributed by atoms with van der Waals surface area (Å²) >= 11 is 0. The van der Waals surface area contributed by atoms with Gasteiger partial charge in [-0.2, -0.15) is 11.6 Å². The molecule has 4 aliphatic rings. The van der Waals surface area contributed by atoms with Crippen LogP contribution in [-0.2, 0) is 6.32 Å². The molecule has 4 aliphatic heterocycles. The summed E-state index contributed by atoms with van der Waals surface area (Å²) < 4.78 is 0. The molecule has 0 unspecified atom stereocenters. The Balaban J connectivity index is 0.00000135. The van der Waals surface area contributed by atoms with E-state index < -0.39 is 6.15 Å². The molecule has 0 N–H and O–H groups in total. The number of hydrogen-bond acceptors (Lipinski definition) is 1. The predicted molar refractivity (Wildman–Crippen MR) is 96.5 cm³/mol. The van der Waals surface area contributed by atoms with E-state index in [-0.39, 0.29) is 1.43 Å². The van der Waals surface area contributed by atoms with Gasteiger partial charge < -0.3 is 0 Å². The molecule has 0 saturated carbocycles. The van der Waals surface area contributed by atoms with Gasteiger partial charge in [-0.1, -0.05) is 68.4 Å². The van der Waals surface area contributed by atoms with Gasteiger partial charge in [0.05, 0.1) is 5.60 Å². The van der Waals surface area contributed by atoms with E-state index in [4.69, 9.17) is 4.99 Å². The van der Waals surface area contributed by atoms with Gasteiger partial charge in [0.15, 0.2) is 0 Å². The van der Waals surface area contributed by atoms with E-state index in [1.807, 2.05) is 6.21 Å². The normalized spacial score (nSPS) is 35.5. The Kier molecular flexibility index (Phi) is 2.77. The number of nitrogens with zero attached hydrogens (tertiary/aromatic N) is 1. The first-order valence-electron chi connectivity index (χ1n) is 9.11. The standard InChI is InChI=1S/C20H23BN/c1-2-11-18-15(6-1)14-21(20-19(18)12-5-13-22-20)16-7-3-8-17(21)10-4-9-16/h1-2,5-6,11-13,16-17H,3-4,7-10,14H2/p+1. The fourth-order valence-electron chi connectivity index (χ4n) is 6.42. The third-order valence-corrected chi connectivity index (χ3v) is 7.19. The Hall–Kier alpha value is -1.57. The van der Waals surface area contributed by atoms with Gasteiger partial charge in [0, 0.05) is 16.6 Å². The smallest absolute Gasteiger partial charge is 0.155 e. The first-order chi connectivity index (χ1) is 10.9. The number of allylic oxidation sites excluding steroid dienone is 3.